The quantitative estimate of drug-likeness (QED) is 0.923. The topological polar surface area (TPSA) is 21.3 Å². The van der Waals surface area contributed by atoms with Crippen LogP contribution in [0.5, 0.6) is 0 Å². The molecule has 1 heterocycles. The summed E-state index contributed by atoms with van der Waals surface area (Å²) in [4.78, 5) is 0. The van der Waals surface area contributed by atoms with E-state index in [1.807, 2.05) is 6.07 Å². The molecule has 88 valence electrons. The number of benzene rings is 1. The van der Waals surface area contributed by atoms with Crippen LogP contribution in [-0.2, 0) is 11.3 Å². The van der Waals surface area contributed by atoms with Gasteiger partial charge >= 0.3 is 0 Å². The molecular weight excluding hydrogens is 273 g/mol. The van der Waals surface area contributed by atoms with E-state index in [1.165, 1.54) is 0 Å². The van der Waals surface area contributed by atoms with Crippen molar-refractivity contribution in [1.29, 1.82) is 0 Å². The molecule has 4 heteroatoms. The third-order valence-electron chi connectivity index (χ3n) is 2.74. The van der Waals surface area contributed by atoms with E-state index in [0.717, 1.165) is 31.6 Å². The lowest BCUT2D eigenvalue weighted by Crippen LogP contribution is -2.36. The minimum Gasteiger partial charge on any atom is -0.380 e. The van der Waals surface area contributed by atoms with Gasteiger partial charge in [0.1, 0.15) is 5.82 Å². The van der Waals surface area contributed by atoms with Crippen LogP contribution in [0.1, 0.15) is 18.4 Å². The Kier molecular flexibility index (Phi) is 4.32. The summed E-state index contributed by atoms with van der Waals surface area (Å²) in [5.74, 6) is -0.209. The molecule has 0 aliphatic carbocycles. The molecule has 16 heavy (non-hydrogen) atoms. The van der Waals surface area contributed by atoms with Crippen LogP contribution in [0.3, 0.4) is 0 Å². The van der Waals surface area contributed by atoms with E-state index >= 15 is 0 Å². The van der Waals surface area contributed by atoms with Crippen molar-refractivity contribution < 1.29 is 9.13 Å². The molecule has 2 nitrogen and oxygen atoms in total. The Labute approximate surface area is 103 Å². The zero-order chi connectivity index (χ0) is 11.4. The molecule has 2 rings (SSSR count). The summed E-state index contributed by atoms with van der Waals surface area (Å²) < 4.78 is 19.1. The van der Waals surface area contributed by atoms with Crippen LogP contribution in [0, 0.1) is 5.82 Å². The largest absolute Gasteiger partial charge is 0.380 e. The van der Waals surface area contributed by atoms with Gasteiger partial charge in [0.15, 0.2) is 0 Å². The summed E-state index contributed by atoms with van der Waals surface area (Å²) >= 11 is 3.14. The molecule has 1 atom stereocenters. The van der Waals surface area contributed by atoms with Crippen molar-refractivity contribution in [3.63, 3.8) is 0 Å². The number of rotatable bonds is 3. The Morgan fingerprint density at radius 3 is 3.06 bits per heavy atom. The second kappa shape index (κ2) is 5.75. The van der Waals surface area contributed by atoms with Crippen molar-refractivity contribution in [3.8, 4) is 0 Å². The van der Waals surface area contributed by atoms with Crippen LogP contribution in [0.25, 0.3) is 0 Å². The number of hydrogen-bond donors (Lipinski definition) is 1. The van der Waals surface area contributed by atoms with Gasteiger partial charge in [-0.05, 0) is 46.5 Å². The first-order chi connectivity index (χ1) is 7.75. The molecule has 1 fully saturated rings. The minimum absolute atomic E-state index is 0.209. The first kappa shape index (κ1) is 12.0. The van der Waals surface area contributed by atoms with Gasteiger partial charge in [0.2, 0.25) is 0 Å². The molecule has 0 aromatic heterocycles. The third kappa shape index (κ3) is 3.27. The zero-order valence-corrected chi connectivity index (χ0v) is 10.6. The zero-order valence-electron chi connectivity index (χ0n) is 9.01. The average molecular weight is 288 g/mol. The highest BCUT2D eigenvalue weighted by Crippen LogP contribution is 2.16. The van der Waals surface area contributed by atoms with Gasteiger partial charge in [-0.25, -0.2) is 4.39 Å². The predicted octanol–water partition coefficient (Wildman–Crippen LogP) is 2.86. The molecule has 1 aliphatic rings. The summed E-state index contributed by atoms with van der Waals surface area (Å²) in [7, 11) is 0. The summed E-state index contributed by atoms with van der Waals surface area (Å²) in [6, 6.07) is 5.62. The fourth-order valence-corrected chi connectivity index (χ4v) is 2.06. The molecule has 1 N–H and O–H groups in total. The maximum Gasteiger partial charge on any atom is 0.137 e. The average Bonchev–Trinajstić information content (AvgIpc) is 2.32. The van der Waals surface area contributed by atoms with E-state index in [-0.39, 0.29) is 5.82 Å². The van der Waals surface area contributed by atoms with Crippen LogP contribution >= 0.6 is 15.9 Å². The van der Waals surface area contributed by atoms with E-state index < -0.39 is 0 Å². The molecule has 0 radical (unpaired) electrons. The number of hydrogen-bond acceptors (Lipinski definition) is 2. The Morgan fingerprint density at radius 2 is 2.38 bits per heavy atom. The Balaban J connectivity index is 1.86. The summed E-state index contributed by atoms with van der Waals surface area (Å²) in [5, 5.41) is 3.38. The van der Waals surface area contributed by atoms with Gasteiger partial charge in [0.25, 0.3) is 0 Å². The summed E-state index contributed by atoms with van der Waals surface area (Å²) in [5.41, 5.74) is 0.964. The minimum atomic E-state index is -0.209. The maximum absolute atomic E-state index is 13.2. The molecule has 1 aromatic rings. The van der Waals surface area contributed by atoms with E-state index in [2.05, 4.69) is 21.2 Å². The van der Waals surface area contributed by atoms with Crippen molar-refractivity contribution in [2.75, 3.05) is 13.2 Å². The summed E-state index contributed by atoms with van der Waals surface area (Å²) in [6.07, 6.45) is 2.24. The van der Waals surface area contributed by atoms with Crippen LogP contribution in [-0.4, -0.2) is 19.3 Å². The molecule has 0 saturated carbocycles. The second-order valence-electron chi connectivity index (χ2n) is 4.04. The van der Waals surface area contributed by atoms with Gasteiger partial charge in [-0.3, -0.25) is 0 Å². The van der Waals surface area contributed by atoms with Gasteiger partial charge in [0.05, 0.1) is 11.1 Å². The lowest BCUT2D eigenvalue weighted by atomic mass is 10.1. The predicted molar refractivity (Wildman–Crippen MR) is 64.8 cm³/mol. The third-order valence-corrected chi connectivity index (χ3v) is 3.38. The number of halogens is 2. The molecule has 0 bridgehead atoms. The monoisotopic (exact) mass is 287 g/mol. The van der Waals surface area contributed by atoms with Gasteiger partial charge in [0, 0.05) is 19.2 Å². The van der Waals surface area contributed by atoms with Gasteiger partial charge in [-0.15, -0.1) is 0 Å². The van der Waals surface area contributed by atoms with Crippen molar-refractivity contribution in [2.45, 2.75) is 25.4 Å². The van der Waals surface area contributed by atoms with E-state index in [9.17, 15) is 4.39 Å². The Hall–Kier alpha value is -0.450. The van der Waals surface area contributed by atoms with Crippen LogP contribution in [0.15, 0.2) is 22.7 Å². The number of ether oxygens (including phenoxy) is 1. The molecule has 1 saturated heterocycles. The molecule has 1 unspecified atom stereocenters. The lowest BCUT2D eigenvalue weighted by Gasteiger charge is -2.23. The van der Waals surface area contributed by atoms with Gasteiger partial charge in [-0.2, -0.15) is 0 Å². The summed E-state index contributed by atoms with van der Waals surface area (Å²) in [6.45, 7) is 2.32. The second-order valence-corrected chi connectivity index (χ2v) is 4.90. The Bertz CT molecular complexity index is 353. The molecule has 0 amide bonds. The van der Waals surface area contributed by atoms with E-state index in [0.29, 0.717) is 17.1 Å². The van der Waals surface area contributed by atoms with Crippen molar-refractivity contribution in [2.24, 2.45) is 0 Å². The standard InChI is InChI=1S/C12H15BrFNO/c13-11-4-3-9(6-12(11)14)7-15-10-2-1-5-16-8-10/h3-4,6,10,15H,1-2,5,7-8H2. The molecule has 0 spiro atoms. The van der Waals surface area contributed by atoms with Crippen LogP contribution in [0.4, 0.5) is 4.39 Å². The van der Waals surface area contributed by atoms with Crippen LogP contribution in [0.2, 0.25) is 0 Å². The van der Waals surface area contributed by atoms with Crippen LogP contribution < -0.4 is 5.32 Å². The highest BCUT2D eigenvalue weighted by Gasteiger charge is 2.12. The van der Waals surface area contributed by atoms with Crippen molar-refractivity contribution in [1.82, 2.24) is 5.32 Å². The lowest BCUT2D eigenvalue weighted by molar-refractivity contribution is 0.0699. The molecular formula is C12H15BrFNO. The maximum atomic E-state index is 13.2. The highest BCUT2D eigenvalue weighted by molar-refractivity contribution is 9.10. The fourth-order valence-electron chi connectivity index (χ4n) is 1.81. The van der Waals surface area contributed by atoms with Crippen molar-refractivity contribution >= 4 is 15.9 Å². The highest BCUT2D eigenvalue weighted by atomic mass is 79.9. The smallest absolute Gasteiger partial charge is 0.137 e. The first-order valence-corrected chi connectivity index (χ1v) is 6.30. The van der Waals surface area contributed by atoms with Crippen molar-refractivity contribution in [3.05, 3.63) is 34.1 Å². The Morgan fingerprint density at radius 1 is 1.50 bits per heavy atom. The number of nitrogens with one attached hydrogen (secondary N) is 1. The SMILES string of the molecule is Fc1cc(CNC2CCCOC2)ccc1Br. The fraction of sp³-hybridized carbons (Fsp3) is 0.500. The normalized spacial score (nSPS) is 21.0. The van der Waals surface area contributed by atoms with Gasteiger partial charge < -0.3 is 10.1 Å². The molecule has 1 aromatic carbocycles. The first-order valence-electron chi connectivity index (χ1n) is 5.51. The van der Waals surface area contributed by atoms with Gasteiger partial charge in [-0.1, -0.05) is 6.07 Å². The molecule has 1 aliphatic heterocycles. The van der Waals surface area contributed by atoms with E-state index in [4.69, 9.17) is 4.74 Å². The van der Waals surface area contributed by atoms with E-state index in [1.54, 1.807) is 12.1 Å².